The summed E-state index contributed by atoms with van der Waals surface area (Å²) >= 11 is 6.61. The van der Waals surface area contributed by atoms with Crippen LogP contribution in [0, 0.1) is 0 Å². The number of rotatable bonds is 8. The van der Waals surface area contributed by atoms with E-state index in [0.717, 1.165) is 11.1 Å². The zero-order valence-electron chi connectivity index (χ0n) is 20.9. The van der Waals surface area contributed by atoms with Gasteiger partial charge in [0.15, 0.2) is 11.5 Å². The highest BCUT2D eigenvalue weighted by Gasteiger charge is 2.32. The Kier molecular flexibility index (Phi) is 7.43. The number of halogens is 1. The minimum Gasteiger partial charge on any atom is -0.493 e. The fourth-order valence-electron chi connectivity index (χ4n) is 4.13. The van der Waals surface area contributed by atoms with Gasteiger partial charge in [-0.05, 0) is 53.6 Å². The number of nitrogens with zero attached hydrogens (tertiary/aromatic N) is 2. The minimum absolute atomic E-state index is 0.158. The highest BCUT2D eigenvalue weighted by atomic mass is 35.5. The number of carbonyl (C=O) groups excluding carboxylic acids is 1. The molecule has 1 N–H and O–H groups in total. The van der Waals surface area contributed by atoms with Crippen LogP contribution in [0.5, 0.6) is 11.5 Å². The van der Waals surface area contributed by atoms with Gasteiger partial charge >= 0.3 is 5.97 Å². The van der Waals surface area contributed by atoms with Gasteiger partial charge < -0.3 is 14.6 Å². The van der Waals surface area contributed by atoms with Crippen LogP contribution in [0.15, 0.2) is 108 Å². The molecular formula is C31H23ClN2O5. The van der Waals surface area contributed by atoms with Crippen molar-refractivity contribution in [1.29, 1.82) is 0 Å². The summed E-state index contributed by atoms with van der Waals surface area (Å²) in [7, 11) is 1.51. The van der Waals surface area contributed by atoms with Gasteiger partial charge in [0.25, 0.3) is 5.91 Å². The molecule has 0 unspecified atom stereocenters. The molecule has 5 rings (SSSR count). The van der Waals surface area contributed by atoms with Crippen LogP contribution in [0.2, 0.25) is 5.02 Å². The first-order chi connectivity index (χ1) is 18.9. The summed E-state index contributed by atoms with van der Waals surface area (Å²) in [5, 5.41) is 15.4. The molecule has 8 heteroatoms. The molecule has 0 aromatic heterocycles. The number of carboxylic acid groups (broad SMARTS) is 1. The number of carbonyl (C=O) groups is 2. The Morgan fingerprint density at radius 3 is 2.28 bits per heavy atom. The molecule has 194 valence electrons. The van der Waals surface area contributed by atoms with Crippen LogP contribution >= 0.6 is 11.6 Å². The number of hydrogen-bond donors (Lipinski definition) is 1. The zero-order chi connectivity index (χ0) is 27.4. The number of hydrazone groups is 1. The van der Waals surface area contributed by atoms with E-state index in [1.54, 1.807) is 30.3 Å². The van der Waals surface area contributed by atoms with Crippen molar-refractivity contribution < 1.29 is 24.2 Å². The summed E-state index contributed by atoms with van der Waals surface area (Å²) in [5.74, 6) is -0.533. The van der Waals surface area contributed by atoms with Gasteiger partial charge in [0.2, 0.25) is 0 Å². The number of amides is 1. The maximum atomic E-state index is 13.5. The van der Waals surface area contributed by atoms with Gasteiger partial charge in [-0.2, -0.15) is 10.1 Å². The smallest absolute Gasteiger partial charge is 0.335 e. The lowest BCUT2D eigenvalue weighted by molar-refractivity contribution is -0.114. The van der Waals surface area contributed by atoms with E-state index in [1.165, 1.54) is 24.3 Å². The molecule has 0 atom stereocenters. The maximum Gasteiger partial charge on any atom is 0.335 e. The van der Waals surface area contributed by atoms with Crippen molar-refractivity contribution in [3.8, 4) is 11.5 Å². The number of anilines is 1. The number of aromatic carboxylic acids is 1. The molecule has 7 nitrogen and oxygen atoms in total. The second kappa shape index (κ2) is 11.2. The molecule has 0 aliphatic carbocycles. The van der Waals surface area contributed by atoms with E-state index >= 15 is 0 Å². The van der Waals surface area contributed by atoms with Crippen LogP contribution in [0.1, 0.15) is 27.0 Å². The largest absolute Gasteiger partial charge is 0.493 e. The van der Waals surface area contributed by atoms with Gasteiger partial charge in [-0.1, -0.05) is 72.3 Å². The minimum atomic E-state index is -0.995. The van der Waals surface area contributed by atoms with Crippen LogP contribution in [0.3, 0.4) is 0 Å². The highest BCUT2D eigenvalue weighted by Crippen LogP contribution is 2.38. The molecule has 39 heavy (non-hydrogen) atoms. The van der Waals surface area contributed by atoms with Crippen LogP contribution in [0.25, 0.3) is 6.08 Å². The monoisotopic (exact) mass is 538 g/mol. The highest BCUT2D eigenvalue weighted by molar-refractivity contribution is 6.37. The molecule has 0 fully saturated rings. The van der Waals surface area contributed by atoms with Gasteiger partial charge in [0.1, 0.15) is 12.3 Å². The molecule has 1 aliphatic heterocycles. The van der Waals surface area contributed by atoms with E-state index < -0.39 is 5.97 Å². The number of carboxylic acids is 1. The third-order valence-electron chi connectivity index (χ3n) is 6.07. The maximum absolute atomic E-state index is 13.5. The Bertz CT molecular complexity index is 1580. The molecule has 1 amide bonds. The third kappa shape index (κ3) is 5.54. The molecular weight excluding hydrogens is 516 g/mol. The van der Waals surface area contributed by atoms with Crippen molar-refractivity contribution in [2.24, 2.45) is 5.10 Å². The fourth-order valence-corrected chi connectivity index (χ4v) is 4.40. The molecule has 0 saturated carbocycles. The lowest BCUT2D eigenvalue weighted by atomic mass is 10.00. The standard InChI is InChI=1S/C31H23ClN2O5/c1-38-27-18-21(17-26(32)29(27)39-19-20-12-14-23(15-13-20)31(36)37)16-25-28(22-8-4-2-5-9-22)33-34(30(25)35)24-10-6-3-7-11-24/h2-18H,19H2,1H3,(H,36,37)/b25-16-. The Labute approximate surface area is 230 Å². The van der Waals surface area contributed by atoms with Crippen molar-refractivity contribution in [3.05, 3.63) is 130 Å². The van der Waals surface area contributed by atoms with Crippen molar-refractivity contribution in [2.75, 3.05) is 12.1 Å². The van der Waals surface area contributed by atoms with Gasteiger partial charge in [0.05, 0.1) is 29.0 Å². The first kappa shape index (κ1) is 25.8. The van der Waals surface area contributed by atoms with E-state index in [2.05, 4.69) is 5.10 Å². The van der Waals surface area contributed by atoms with E-state index in [1.807, 2.05) is 60.7 Å². The number of benzene rings is 4. The number of ether oxygens (including phenoxy) is 2. The molecule has 1 aliphatic rings. The number of methoxy groups -OCH3 is 1. The van der Waals surface area contributed by atoms with Crippen LogP contribution in [-0.2, 0) is 11.4 Å². The first-order valence-electron chi connectivity index (χ1n) is 12.0. The van der Waals surface area contributed by atoms with Gasteiger partial charge in [0, 0.05) is 5.56 Å². The predicted octanol–water partition coefficient (Wildman–Crippen LogP) is 6.46. The second-order valence-corrected chi connectivity index (χ2v) is 9.06. The van der Waals surface area contributed by atoms with Crippen molar-refractivity contribution >= 4 is 41.0 Å². The average Bonchev–Trinajstić information content (AvgIpc) is 3.28. The quantitative estimate of drug-likeness (QED) is 0.260. The van der Waals surface area contributed by atoms with E-state index in [4.69, 9.17) is 26.2 Å². The van der Waals surface area contributed by atoms with Crippen molar-refractivity contribution in [2.45, 2.75) is 6.61 Å². The first-order valence-corrected chi connectivity index (χ1v) is 12.4. The summed E-state index contributed by atoms with van der Waals surface area (Å²) in [4.78, 5) is 24.6. The zero-order valence-corrected chi connectivity index (χ0v) is 21.6. The predicted molar refractivity (Wildman–Crippen MR) is 151 cm³/mol. The Morgan fingerprint density at radius 1 is 0.974 bits per heavy atom. The molecule has 4 aromatic carbocycles. The molecule has 1 heterocycles. The Morgan fingerprint density at radius 2 is 1.64 bits per heavy atom. The third-order valence-corrected chi connectivity index (χ3v) is 6.35. The van der Waals surface area contributed by atoms with Gasteiger partial charge in [-0.25, -0.2) is 4.79 Å². The van der Waals surface area contributed by atoms with Crippen LogP contribution in [-0.4, -0.2) is 29.8 Å². The summed E-state index contributed by atoms with van der Waals surface area (Å²) in [6.45, 7) is 0.158. The normalized spacial score (nSPS) is 13.9. The Hall–Kier alpha value is -4.88. The lowest BCUT2D eigenvalue weighted by Crippen LogP contribution is -2.21. The molecule has 0 saturated heterocycles. The van der Waals surface area contributed by atoms with E-state index in [-0.39, 0.29) is 18.1 Å². The van der Waals surface area contributed by atoms with Crippen LogP contribution in [0.4, 0.5) is 5.69 Å². The second-order valence-electron chi connectivity index (χ2n) is 8.65. The topological polar surface area (TPSA) is 88.4 Å². The van der Waals surface area contributed by atoms with Gasteiger partial charge in [-0.15, -0.1) is 0 Å². The van der Waals surface area contributed by atoms with E-state index in [0.29, 0.717) is 39.1 Å². The van der Waals surface area contributed by atoms with Crippen molar-refractivity contribution in [1.82, 2.24) is 0 Å². The summed E-state index contributed by atoms with van der Waals surface area (Å²) in [6, 6.07) is 28.6. The van der Waals surface area contributed by atoms with Crippen LogP contribution < -0.4 is 14.5 Å². The number of para-hydroxylation sites is 1. The van der Waals surface area contributed by atoms with Gasteiger partial charge in [-0.3, -0.25) is 4.79 Å². The molecule has 0 bridgehead atoms. The SMILES string of the molecule is COc1cc(/C=C2\C(=O)N(c3ccccc3)N=C2c2ccccc2)cc(Cl)c1OCc1ccc(C(=O)O)cc1. The molecule has 0 spiro atoms. The molecule has 4 aromatic rings. The lowest BCUT2D eigenvalue weighted by Gasteiger charge is -2.14. The fraction of sp³-hybridized carbons (Fsp3) is 0.0645. The summed E-state index contributed by atoms with van der Waals surface area (Å²) in [6.07, 6.45) is 1.74. The molecule has 0 radical (unpaired) electrons. The summed E-state index contributed by atoms with van der Waals surface area (Å²) < 4.78 is 11.5. The number of hydrogen-bond acceptors (Lipinski definition) is 5. The van der Waals surface area contributed by atoms with E-state index in [9.17, 15) is 9.59 Å². The van der Waals surface area contributed by atoms with Crippen molar-refractivity contribution in [3.63, 3.8) is 0 Å². The Balaban J connectivity index is 1.46. The summed E-state index contributed by atoms with van der Waals surface area (Å²) in [5.41, 5.74) is 4.03. The average molecular weight is 539 g/mol.